The van der Waals surface area contributed by atoms with Gasteiger partial charge in [-0.1, -0.05) is 0 Å². The third kappa shape index (κ3) is 6.34. The molecule has 0 fully saturated rings. The maximum Gasteiger partial charge on any atom is 0.161 e. The zero-order valence-corrected chi connectivity index (χ0v) is 6.87. The molecule has 1 atom stereocenters. The Morgan fingerprint density at radius 1 is 1.62 bits per heavy atom. The van der Waals surface area contributed by atoms with E-state index < -0.39 is 18.1 Å². The van der Waals surface area contributed by atoms with Crippen molar-refractivity contribution in [1.82, 2.24) is 0 Å². The van der Waals surface area contributed by atoms with Crippen molar-refractivity contribution in [2.24, 2.45) is 4.13 Å². The fourth-order valence-corrected chi connectivity index (χ4v) is 2.73. The van der Waals surface area contributed by atoms with Crippen LogP contribution in [0.2, 0.25) is 0 Å². The van der Waals surface area contributed by atoms with E-state index >= 15 is 0 Å². The first-order valence-corrected chi connectivity index (χ1v) is 6.10. The number of rotatable bonds is 1. The predicted octanol–water partition coefficient (Wildman–Crippen LogP) is 1.21. The van der Waals surface area contributed by atoms with Crippen molar-refractivity contribution in [3.63, 3.8) is 0 Å². The fourth-order valence-electron chi connectivity index (χ4n) is 0.303. The van der Waals surface area contributed by atoms with Crippen molar-refractivity contribution >= 4 is 18.1 Å². The van der Waals surface area contributed by atoms with Crippen LogP contribution >= 0.6 is 8.07 Å². The highest BCUT2D eigenvalue weighted by atomic mass is 32.2. The van der Waals surface area contributed by atoms with E-state index in [-0.39, 0.29) is 0 Å². The second-order valence-electron chi connectivity index (χ2n) is 1.69. The van der Waals surface area contributed by atoms with E-state index in [0.29, 0.717) is 0 Å². The molecular weight excluding hydrogens is 145 g/mol. The summed E-state index contributed by atoms with van der Waals surface area (Å²) < 4.78 is 22.5. The van der Waals surface area contributed by atoms with Crippen LogP contribution in [0.5, 0.6) is 0 Å². The van der Waals surface area contributed by atoms with Crippen LogP contribution < -0.4 is 0 Å². The molecule has 0 aliphatic rings. The summed E-state index contributed by atoms with van der Waals surface area (Å²) in [5, 5.41) is 0. The molecule has 0 amide bonds. The normalized spacial score (nSPS) is 18.1. The summed E-state index contributed by atoms with van der Waals surface area (Å²) in [6, 6.07) is 0. The molecule has 50 valence electrons. The molecule has 0 spiro atoms. The Morgan fingerprint density at radius 3 is 2.00 bits per heavy atom. The van der Waals surface area contributed by atoms with Crippen molar-refractivity contribution in [2.45, 2.75) is 0 Å². The van der Waals surface area contributed by atoms with E-state index in [9.17, 15) is 4.21 Å². The summed E-state index contributed by atoms with van der Waals surface area (Å²) in [6.45, 7) is 3.66. The lowest BCUT2D eigenvalue weighted by Gasteiger charge is -1.95. The fraction of sp³-hybridized carbons (Fsp3) is 1.00. The molecular formula is C3H10NO2PS. The van der Waals surface area contributed by atoms with Gasteiger partial charge in [0.1, 0.15) is 0 Å². The van der Waals surface area contributed by atoms with E-state index in [4.69, 9.17) is 4.55 Å². The van der Waals surface area contributed by atoms with Crippen LogP contribution in [0.25, 0.3) is 0 Å². The molecule has 8 heavy (non-hydrogen) atoms. The van der Waals surface area contributed by atoms with Crippen molar-refractivity contribution < 1.29 is 8.76 Å². The summed E-state index contributed by atoms with van der Waals surface area (Å²) in [6.07, 6.45) is 1.22. The molecule has 0 radical (unpaired) electrons. The summed E-state index contributed by atoms with van der Waals surface area (Å²) in [5.41, 5.74) is 0. The minimum Gasteiger partial charge on any atom is -0.300 e. The Morgan fingerprint density at radius 2 is 2.00 bits per heavy atom. The van der Waals surface area contributed by atoms with Crippen molar-refractivity contribution in [2.75, 3.05) is 19.6 Å². The smallest absolute Gasteiger partial charge is 0.161 e. The highest BCUT2D eigenvalue weighted by Crippen LogP contribution is 2.27. The average Bonchev–Trinajstić information content (AvgIpc) is 1.21. The zero-order chi connectivity index (χ0) is 6.78. The molecule has 0 bridgehead atoms. The first-order valence-electron chi connectivity index (χ1n) is 2.03. The van der Waals surface area contributed by atoms with E-state index in [1.54, 1.807) is 0 Å². The zero-order valence-electron chi connectivity index (χ0n) is 5.16. The lowest BCUT2D eigenvalue weighted by molar-refractivity contribution is 0.560. The van der Waals surface area contributed by atoms with Crippen molar-refractivity contribution in [3.05, 3.63) is 0 Å². The maximum absolute atomic E-state index is 10.4. The van der Waals surface area contributed by atoms with Gasteiger partial charge in [-0.3, -0.25) is 0 Å². The van der Waals surface area contributed by atoms with Crippen LogP contribution in [0, 0.1) is 0 Å². The van der Waals surface area contributed by atoms with Gasteiger partial charge >= 0.3 is 0 Å². The number of hydrogen-bond acceptors (Lipinski definition) is 2. The summed E-state index contributed by atoms with van der Waals surface area (Å²) in [5.74, 6) is 0. The molecule has 0 heterocycles. The second kappa shape index (κ2) is 2.76. The summed E-state index contributed by atoms with van der Waals surface area (Å²) >= 11 is 0. The van der Waals surface area contributed by atoms with Gasteiger partial charge in [0.2, 0.25) is 0 Å². The Bertz CT molecular complexity index is 162. The number of nitrogens with zero attached hydrogens (tertiary/aromatic N) is 1. The van der Waals surface area contributed by atoms with Crippen LogP contribution in [0.15, 0.2) is 4.13 Å². The Balaban J connectivity index is 4.19. The first-order chi connectivity index (χ1) is 3.42. The molecule has 0 saturated heterocycles. The van der Waals surface area contributed by atoms with Crippen LogP contribution in [-0.4, -0.2) is 28.3 Å². The minimum atomic E-state index is -2.82. The molecule has 1 N–H and O–H groups in total. The molecule has 1 unspecified atom stereocenters. The third-order valence-corrected chi connectivity index (χ3v) is 2.83. The van der Waals surface area contributed by atoms with Gasteiger partial charge in [-0.25, -0.2) is 4.21 Å². The third-order valence-electron chi connectivity index (χ3n) is 0.315. The SMILES string of the molecule is CP(C)N=S(C)(=O)O. The predicted molar refractivity (Wildman–Crippen MR) is 37.9 cm³/mol. The molecule has 0 saturated carbocycles. The van der Waals surface area contributed by atoms with E-state index in [1.807, 2.05) is 13.3 Å². The minimum absolute atomic E-state index is 0.589. The highest BCUT2D eigenvalue weighted by molar-refractivity contribution is 7.90. The highest BCUT2D eigenvalue weighted by Gasteiger charge is 1.92. The van der Waals surface area contributed by atoms with Gasteiger partial charge < -0.3 is 4.55 Å². The summed E-state index contributed by atoms with van der Waals surface area (Å²) in [7, 11) is -3.41. The van der Waals surface area contributed by atoms with Gasteiger partial charge in [-0.15, -0.1) is 0 Å². The van der Waals surface area contributed by atoms with Crippen LogP contribution in [0.1, 0.15) is 0 Å². The average molecular weight is 155 g/mol. The topological polar surface area (TPSA) is 49.7 Å². The second-order valence-corrected chi connectivity index (χ2v) is 5.56. The molecule has 0 aliphatic carbocycles. The van der Waals surface area contributed by atoms with E-state index in [0.717, 1.165) is 0 Å². The van der Waals surface area contributed by atoms with Gasteiger partial charge in [-0.05, 0) is 13.3 Å². The molecule has 0 aromatic heterocycles. The van der Waals surface area contributed by atoms with Gasteiger partial charge in [-0.2, -0.15) is 4.13 Å². The molecule has 0 aliphatic heterocycles. The van der Waals surface area contributed by atoms with Crippen LogP contribution in [-0.2, 0) is 10.0 Å². The van der Waals surface area contributed by atoms with Gasteiger partial charge in [0.15, 0.2) is 10.0 Å². The molecule has 0 aromatic carbocycles. The van der Waals surface area contributed by atoms with E-state index in [2.05, 4.69) is 4.13 Å². The molecule has 0 aromatic rings. The number of hydrogen-bond donors (Lipinski definition) is 1. The largest absolute Gasteiger partial charge is 0.300 e. The van der Waals surface area contributed by atoms with Gasteiger partial charge in [0.25, 0.3) is 0 Å². The maximum atomic E-state index is 10.4. The van der Waals surface area contributed by atoms with Crippen LogP contribution in [0.3, 0.4) is 0 Å². The molecule has 0 rings (SSSR count). The molecule has 5 heteroatoms. The molecule has 3 nitrogen and oxygen atoms in total. The first kappa shape index (κ1) is 8.34. The van der Waals surface area contributed by atoms with Gasteiger partial charge in [0.05, 0.1) is 0 Å². The lowest BCUT2D eigenvalue weighted by atomic mass is 11.9. The van der Waals surface area contributed by atoms with Crippen molar-refractivity contribution in [1.29, 1.82) is 0 Å². The Labute approximate surface area is 51.3 Å². The standard InChI is InChI=1S/C3H10NO2PS/c1-7(2)4-8(3,5)6/h1-3H3,(H,4,5,6). The lowest BCUT2D eigenvalue weighted by Crippen LogP contribution is -1.89. The Kier molecular flexibility index (Phi) is 2.88. The van der Waals surface area contributed by atoms with Crippen molar-refractivity contribution in [3.8, 4) is 0 Å². The Hall–Kier alpha value is 0.340. The van der Waals surface area contributed by atoms with E-state index in [1.165, 1.54) is 6.26 Å². The van der Waals surface area contributed by atoms with Gasteiger partial charge in [0, 0.05) is 14.3 Å². The monoisotopic (exact) mass is 155 g/mol. The van der Waals surface area contributed by atoms with Crippen LogP contribution in [0.4, 0.5) is 0 Å². The summed E-state index contributed by atoms with van der Waals surface area (Å²) in [4.78, 5) is 0. The quantitative estimate of drug-likeness (QED) is 0.578.